The van der Waals surface area contributed by atoms with Crippen LogP contribution in [0, 0.1) is 0 Å². The first-order valence-electron chi connectivity index (χ1n) is 5.87. The fourth-order valence-electron chi connectivity index (χ4n) is 1.75. The molecule has 5 nitrogen and oxygen atoms in total. The highest BCUT2D eigenvalue weighted by molar-refractivity contribution is 9.10. The second-order valence-corrected chi connectivity index (χ2v) is 4.88. The van der Waals surface area contributed by atoms with Gasteiger partial charge in [0.15, 0.2) is 5.65 Å². The number of rotatable bonds is 2. The van der Waals surface area contributed by atoms with E-state index in [9.17, 15) is 4.79 Å². The third-order valence-corrected chi connectivity index (χ3v) is 3.13. The molecule has 0 spiro atoms. The average molecular weight is 329 g/mol. The van der Waals surface area contributed by atoms with Gasteiger partial charge in [0, 0.05) is 23.3 Å². The Morgan fingerprint density at radius 2 is 2.00 bits per heavy atom. The van der Waals surface area contributed by atoms with Crippen LogP contribution in [0.15, 0.2) is 53.4 Å². The van der Waals surface area contributed by atoms with Crippen LogP contribution in [0.25, 0.3) is 11.0 Å². The molecule has 0 unspecified atom stereocenters. The van der Waals surface area contributed by atoms with E-state index in [2.05, 4.69) is 36.2 Å². The van der Waals surface area contributed by atoms with Gasteiger partial charge in [0.2, 0.25) is 0 Å². The van der Waals surface area contributed by atoms with Gasteiger partial charge in [-0.1, -0.05) is 0 Å². The fourth-order valence-corrected chi connectivity index (χ4v) is 2.12. The summed E-state index contributed by atoms with van der Waals surface area (Å²) in [5, 5.41) is 3.67. The molecule has 0 aliphatic rings. The minimum atomic E-state index is -0.240. The summed E-state index contributed by atoms with van der Waals surface area (Å²) >= 11 is 3.23. The van der Waals surface area contributed by atoms with Crippen LogP contribution in [0.5, 0.6) is 0 Å². The predicted octanol–water partition coefficient (Wildman–Crippen LogP) is 3.04. The van der Waals surface area contributed by atoms with E-state index in [-0.39, 0.29) is 5.91 Å². The third kappa shape index (κ3) is 2.65. The van der Waals surface area contributed by atoms with Gasteiger partial charge in [-0.15, -0.1) is 0 Å². The molecule has 3 aromatic rings. The molecule has 0 saturated heterocycles. The number of halogens is 1. The summed E-state index contributed by atoms with van der Waals surface area (Å²) in [7, 11) is 0. The van der Waals surface area contributed by atoms with E-state index in [0.29, 0.717) is 21.6 Å². The van der Waals surface area contributed by atoms with Crippen molar-refractivity contribution in [2.75, 3.05) is 5.32 Å². The lowest BCUT2D eigenvalue weighted by Gasteiger charge is -2.05. The van der Waals surface area contributed by atoms with Crippen LogP contribution in [0.2, 0.25) is 0 Å². The maximum absolute atomic E-state index is 12.1. The van der Waals surface area contributed by atoms with Crippen molar-refractivity contribution < 1.29 is 4.79 Å². The molecule has 98 valence electrons. The molecule has 3 rings (SSSR count). The number of fused-ring (bicyclic) bond motifs is 1. The first kappa shape index (κ1) is 12.7. The Morgan fingerprint density at radius 1 is 1.10 bits per heavy atom. The largest absolute Gasteiger partial charge is 0.306 e. The molecule has 3 heterocycles. The Labute approximate surface area is 123 Å². The third-order valence-electron chi connectivity index (χ3n) is 2.69. The van der Waals surface area contributed by atoms with E-state index in [0.717, 1.165) is 5.39 Å². The van der Waals surface area contributed by atoms with Gasteiger partial charge < -0.3 is 5.32 Å². The topological polar surface area (TPSA) is 67.8 Å². The molecule has 1 N–H and O–H groups in total. The van der Waals surface area contributed by atoms with Crippen molar-refractivity contribution in [3.05, 3.63) is 59.0 Å². The Balaban J connectivity index is 1.87. The fraction of sp³-hybridized carbons (Fsp3) is 0. The second-order valence-electron chi connectivity index (χ2n) is 4.07. The molecular formula is C14H9BrN4O. The van der Waals surface area contributed by atoms with E-state index in [1.54, 1.807) is 30.6 Å². The number of aromatic nitrogens is 3. The number of amides is 1. The zero-order valence-corrected chi connectivity index (χ0v) is 11.8. The summed E-state index contributed by atoms with van der Waals surface area (Å²) in [6, 6.07) is 10.7. The summed E-state index contributed by atoms with van der Waals surface area (Å²) in [5.41, 5.74) is 1.11. The zero-order chi connectivity index (χ0) is 13.9. The van der Waals surface area contributed by atoms with Gasteiger partial charge in [0.05, 0.1) is 0 Å². The molecule has 0 aliphatic heterocycles. The smallest absolute Gasteiger partial charge is 0.256 e. The molecule has 0 radical (unpaired) electrons. The number of nitrogens with one attached hydrogen (secondary N) is 1. The van der Waals surface area contributed by atoms with Gasteiger partial charge in [-0.3, -0.25) is 4.79 Å². The highest BCUT2D eigenvalue weighted by atomic mass is 79.9. The van der Waals surface area contributed by atoms with Crippen molar-refractivity contribution in [3.8, 4) is 0 Å². The first-order chi connectivity index (χ1) is 9.72. The van der Waals surface area contributed by atoms with Gasteiger partial charge in [0.1, 0.15) is 10.4 Å². The molecule has 0 atom stereocenters. The normalized spacial score (nSPS) is 10.4. The molecule has 1 amide bonds. The van der Waals surface area contributed by atoms with E-state index in [1.165, 1.54) is 0 Å². The summed E-state index contributed by atoms with van der Waals surface area (Å²) in [6.07, 6.45) is 3.23. The van der Waals surface area contributed by atoms with Crippen LogP contribution in [0.3, 0.4) is 0 Å². The van der Waals surface area contributed by atoms with Crippen molar-refractivity contribution >= 4 is 38.7 Å². The molecular weight excluding hydrogens is 320 g/mol. The summed E-state index contributed by atoms with van der Waals surface area (Å²) < 4.78 is 0.610. The maximum Gasteiger partial charge on any atom is 0.256 e. The van der Waals surface area contributed by atoms with Gasteiger partial charge in [-0.2, -0.15) is 0 Å². The average Bonchev–Trinajstić information content (AvgIpc) is 2.47. The Bertz CT molecular complexity index is 791. The Kier molecular flexibility index (Phi) is 3.39. The highest BCUT2D eigenvalue weighted by Gasteiger charge is 2.08. The maximum atomic E-state index is 12.1. The molecule has 0 aromatic carbocycles. The number of hydrogen-bond acceptors (Lipinski definition) is 4. The Morgan fingerprint density at radius 3 is 2.85 bits per heavy atom. The van der Waals surface area contributed by atoms with Crippen LogP contribution in [-0.2, 0) is 0 Å². The van der Waals surface area contributed by atoms with Crippen molar-refractivity contribution in [1.82, 2.24) is 15.0 Å². The van der Waals surface area contributed by atoms with E-state index < -0.39 is 0 Å². The molecule has 0 saturated carbocycles. The van der Waals surface area contributed by atoms with Crippen LogP contribution in [-0.4, -0.2) is 20.9 Å². The predicted molar refractivity (Wildman–Crippen MR) is 79.4 cm³/mol. The first-order valence-corrected chi connectivity index (χ1v) is 6.66. The van der Waals surface area contributed by atoms with Gasteiger partial charge in [-0.25, -0.2) is 15.0 Å². The number of pyridine rings is 3. The number of carbonyl (C=O) groups excluding carboxylic acids is 1. The molecule has 20 heavy (non-hydrogen) atoms. The summed E-state index contributed by atoms with van der Waals surface area (Å²) in [4.78, 5) is 24.5. The summed E-state index contributed by atoms with van der Waals surface area (Å²) in [5.74, 6) is 0.227. The van der Waals surface area contributed by atoms with Crippen LogP contribution >= 0.6 is 15.9 Å². The monoisotopic (exact) mass is 328 g/mol. The molecule has 0 bridgehead atoms. The van der Waals surface area contributed by atoms with E-state index >= 15 is 0 Å². The van der Waals surface area contributed by atoms with Gasteiger partial charge in [-0.05, 0) is 52.3 Å². The van der Waals surface area contributed by atoms with Crippen molar-refractivity contribution in [2.45, 2.75) is 0 Å². The summed E-state index contributed by atoms with van der Waals surface area (Å²) in [6.45, 7) is 0. The Hall–Kier alpha value is -2.34. The number of nitrogens with zero attached hydrogens (tertiary/aromatic N) is 3. The molecule has 6 heteroatoms. The molecule has 0 aliphatic carbocycles. The second kappa shape index (κ2) is 5.34. The number of anilines is 1. The van der Waals surface area contributed by atoms with Crippen LogP contribution < -0.4 is 5.32 Å². The van der Waals surface area contributed by atoms with Gasteiger partial charge >= 0.3 is 0 Å². The van der Waals surface area contributed by atoms with E-state index in [1.807, 2.05) is 18.2 Å². The highest BCUT2D eigenvalue weighted by Crippen LogP contribution is 2.14. The minimum absolute atomic E-state index is 0.240. The van der Waals surface area contributed by atoms with Gasteiger partial charge in [0.25, 0.3) is 5.91 Å². The quantitative estimate of drug-likeness (QED) is 0.734. The lowest BCUT2D eigenvalue weighted by molar-refractivity contribution is 0.102. The van der Waals surface area contributed by atoms with E-state index in [4.69, 9.17) is 0 Å². The van der Waals surface area contributed by atoms with Crippen molar-refractivity contribution in [3.63, 3.8) is 0 Å². The number of carbonyl (C=O) groups is 1. The SMILES string of the molecule is O=C(Nc1ccc2cccnc2n1)c1ccnc(Br)c1. The minimum Gasteiger partial charge on any atom is -0.306 e. The van der Waals surface area contributed by atoms with Crippen LogP contribution in [0.1, 0.15) is 10.4 Å². The van der Waals surface area contributed by atoms with Crippen molar-refractivity contribution in [2.24, 2.45) is 0 Å². The lowest BCUT2D eigenvalue weighted by atomic mass is 10.2. The number of hydrogen-bond donors (Lipinski definition) is 1. The standard InChI is InChI=1S/C14H9BrN4O/c15-11-8-10(5-7-16-11)14(20)19-12-4-3-9-2-1-6-17-13(9)18-12/h1-8H,(H,17,18,19,20). The lowest BCUT2D eigenvalue weighted by Crippen LogP contribution is -2.13. The molecule has 3 aromatic heterocycles. The van der Waals surface area contributed by atoms with Crippen LogP contribution in [0.4, 0.5) is 5.82 Å². The molecule has 0 fully saturated rings. The zero-order valence-electron chi connectivity index (χ0n) is 10.2. The van der Waals surface area contributed by atoms with Crippen molar-refractivity contribution in [1.29, 1.82) is 0 Å².